The number of amides is 2. The van der Waals surface area contributed by atoms with Crippen molar-refractivity contribution in [2.75, 3.05) is 13.1 Å². The van der Waals surface area contributed by atoms with Crippen molar-refractivity contribution in [1.29, 1.82) is 0 Å². The third-order valence-corrected chi connectivity index (χ3v) is 8.19. The first-order valence-electron chi connectivity index (χ1n) is 10.9. The van der Waals surface area contributed by atoms with Crippen molar-refractivity contribution < 1.29 is 9.59 Å². The maximum atomic E-state index is 13.5. The predicted octanol–water partition coefficient (Wildman–Crippen LogP) is 4.39. The average molecular weight is 445 g/mol. The standard InChI is InChI=1S/C23H29BrN2O2/c24-19-3-1-2-18(11-19)21(27)25-20-4-6-26(7-5-20)22(28)23-12-15-8-16(13-23)10-17(9-15)14-23/h1-3,11,15-17,20H,4-10,12-14H2,(H,25,27). The Balaban J connectivity index is 1.18. The maximum absolute atomic E-state index is 13.5. The van der Waals surface area contributed by atoms with E-state index >= 15 is 0 Å². The van der Waals surface area contributed by atoms with Crippen LogP contribution in [0.3, 0.4) is 0 Å². The van der Waals surface area contributed by atoms with Crippen molar-refractivity contribution in [2.45, 2.75) is 57.4 Å². The van der Waals surface area contributed by atoms with Gasteiger partial charge in [0.2, 0.25) is 5.91 Å². The van der Waals surface area contributed by atoms with Crippen molar-refractivity contribution in [1.82, 2.24) is 10.2 Å². The van der Waals surface area contributed by atoms with E-state index in [-0.39, 0.29) is 17.4 Å². The van der Waals surface area contributed by atoms with Gasteiger partial charge in [0.05, 0.1) is 5.41 Å². The molecule has 0 atom stereocenters. The van der Waals surface area contributed by atoms with E-state index in [0.29, 0.717) is 11.5 Å². The molecule has 28 heavy (non-hydrogen) atoms. The molecule has 1 aliphatic heterocycles. The van der Waals surface area contributed by atoms with Gasteiger partial charge in [0.15, 0.2) is 0 Å². The summed E-state index contributed by atoms with van der Waals surface area (Å²) in [7, 11) is 0. The Kier molecular flexibility index (Phi) is 4.77. The summed E-state index contributed by atoms with van der Waals surface area (Å²) >= 11 is 3.42. The van der Waals surface area contributed by atoms with Gasteiger partial charge in [0.25, 0.3) is 5.91 Å². The van der Waals surface area contributed by atoms with Gasteiger partial charge in [-0.2, -0.15) is 0 Å². The fraction of sp³-hybridized carbons (Fsp3) is 0.652. The van der Waals surface area contributed by atoms with E-state index in [1.165, 1.54) is 19.3 Å². The molecule has 1 saturated heterocycles. The lowest BCUT2D eigenvalue weighted by Gasteiger charge is -2.57. The Hall–Kier alpha value is -1.36. The Labute approximate surface area is 175 Å². The molecule has 4 bridgehead atoms. The first-order chi connectivity index (χ1) is 13.5. The predicted molar refractivity (Wildman–Crippen MR) is 112 cm³/mol. The molecule has 4 aliphatic carbocycles. The van der Waals surface area contributed by atoms with Crippen LogP contribution in [-0.4, -0.2) is 35.8 Å². The highest BCUT2D eigenvalue weighted by atomic mass is 79.9. The molecular weight excluding hydrogens is 416 g/mol. The van der Waals surface area contributed by atoms with Gasteiger partial charge in [-0.25, -0.2) is 0 Å². The monoisotopic (exact) mass is 444 g/mol. The van der Waals surface area contributed by atoms with E-state index < -0.39 is 0 Å². The first-order valence-corrected chi connectivity index (χ1v) is 11.7. The lowest BCUT2D eigenvalue weighted by molar-refractivity contribution is -0.158. The summed E-state index contributed by atoms with van der Waals surface area (Å²) in [6, 6.07) is 7.65. The number of rotatable bonds is 3. The highest BCUT2D eigenvalue weighted by molar-refractivity contribution is 9.10. The van der Waals surface area contributed by atoms with Crippen molar-refractivity contribution in [3.8, 4) is 0 Å². The number of hydrogen-bond donors (Lipinski definition) is 1. The summed E-state index contributed by atoms with van der Waals surface area (Å²) in [6.45, 7) is 1.56. The summed E-state index contributed by atoms with van der Waals surface area (Å²) < 4.78 is 0.913. The molecule has 5 fully saturated rings. The molecule has 1 N–H and O–H groups in total. The lowest BCUT2D eigenvalue weighted by atomic mass is 9.49. The highest BCUT2D eigenvalue weighted by Gasteiger charge is 2.55. The van der Waals surface area contributed by atoms with Gasteiger partial charge in [-0.1, -0.05) is 22.0 Å². The molecule has 1 heterocycles. The molecule has 150 valence electrons. The van der Waals surface area contributed by atoms with Crippen LogP contribution in [0.25, 0.3) is 0 Å². The number of benzene rings is 1. The SMILES string of the molecule is O=C(NC1CCN(C(=O)C23CC4CC(CC(C4)C2)C3)CC1)c1cccc(Br)c1. The molecule has 0 aromatic heterocycles. The number of hydrogen-bond acceptors (Lipinski definition) is 2. The minimum atomic E-state index is -0.0405. The van der Waals surface area contributed by atoms with E-state index in [4.69, 9.17) is 0 Å². The fourth-order valence-electron chi connectivity index (χ4n) is 6.83. The molecule has 0 spiro atoms. The van der Waals surface area contributed by atoms with Crippen molar-refractivity contribution >= 4 is 27.7 Å². The van der Waals surface area contributed by atoms with Crippen molar-refractivity contribution in [3.63, 3.8) is 0 Å². The third-order valence-electron chi connectivity index (χ3n) is 7.70. The molecule has 6 rings (SSSR count). The van der Waals surface area contributed by atoms with Crippen LogP contribution in [0.2, 0.25) is 0 Å². The second-order valence-corrected chi connectivity index (χ2v) is 10.7. The average Bonchev–Trinajstić information content (AvgIpc) is 2.67. The number of carbonyl (C=O) groups is 2. The van der Waals surface area contributed by atoms with Gasteiger partial charge in [-0.3, -0.25) is 9.59 Å². The van der Waals surface area contributed by atoms with E-state index in [2.05, 4.69) is 26.1 Å². The molecule has 5 heteroatoms. The minimum absolute atomic E-state index is 0.0211. The highest BCUT2D eigenvalue weighted by Crippen LogP contribution is 2.60. The molecule has 0 unspecified atom stereocenters. The Morgan fingerprint density at radius 2 is 1.61 bits per heavy atom. The van der Waals surface area contributed by atoms with Gasteiger partial charge < -0.3 is 10.2 Å². The summed E-state index contributed by atoms with van der Waals surface area (Å²) in [5, 5.41) is 3.16. The van der Waals surface area contributed by atoms with E-state index in [9.17, 15) is 9.59 Å². The summed E-state index contributed by atoms with van der Waals surface area (Å²) in [6.07, 6.45) is 9.24. The zero-order valence-electron chi connectivity index (χ0n) is 16.3. The first kappa shape index (κ1) is 18.7. The molecule has 5 aliphatic rings. The van der Waals surface area contributed by atoms with Crippen molar-refractivity contribution in [2.24, 2.45) is 23.2 Å². The second kappa shape index (κ2) is 7.16. The minimum Gasteiger partial charge on any atom is -0.349 e. The zero-order valence-corrected chi connectivity index (χ0v) is 17.9. The normalized spacial score (nSPS) is 34.5. The van der Waals surface area contributed by atoms with Gasteiger partial charge in [0.1, 0.15) is 0 Å². The number of piperidine rings is 1. The van der Waals surface area contributed by atoms with Crippen LogP contribution >= 0.6 is 15.9 Å². The van der Waals surface area contributed by atoms with Crippen LogP contribution in [0.1, 0.15) is 61.7 Å². The van der Waals surface area contributed by atoms with Gasteiger partial charge in [-0.05, 0) is 87.3 Å². The number of halogens is 1. The Morgan fingerprint density at radius 3 is 2.18 bits per heavy atom. The van der Waals surface area contributed by atoms with Crippen molar-refractivity contribution in [3.05, 3.63) is 34.3 Å². The van der Waals surface area contributed by atoms with Crippen LogP contribution in [-0.2, 0) is 4.79 Å². The number of likely N-dealkylation sites (tertiary alicyclic amines) is 1. The molecule has 1 aromatic rings. The van der Waals surface area contributed by atoms with Crippen LogP contribution in [0.5, 0.6) is 0 Å². The van der Waals surface area contributed by atoms with Gasteiger partial charge in [-0.15, -0.1) is 0 Å². The molecule has 4 nitrogen and oxygen atoms in total. The Bertz CT molecular complexity index is 749. The second-order valence-electron chi connectivity index (χ2n) is 9.75. The van der Waals surface area contributed by atoms with E-state index in [1.54, 1.807) is 0 Å². The molecule has 0 radical (unpaired) electrons. The zero-order chi connectivity index (χ0) is 19.3. The fourth-order valence-corrected chi connectivity index (χ4v) is 7.23. The Morgan fingerprint density at radius 1 is 1.00 bits per heavy atom. The molecular formula is C23H29BrN2O2. The van der Waals surface area contributed by atoms with Crippen LogP contribution in [0.15, 0.2) is 28.7 Å². The van der Waals surface area contributed by atoms with Crippen LogP contribution in [0, 0.1) is 23.2 Å². The quantitative estimate of drug-likeness (QED) is 0.751. The van der Waals surface area contributed by atoms with Crippen LogP contribution < -0.4 is 5.32 Å². The summed E-state index contributed by atoms with van der Waals surface area (Å²) in [5.74, 6) is 2.82. The largest absolute Gasteiger partial charge is 0.349 e. The number of nitrogens with zero attached hydrogens (tertiary/aromatic N) is 1. The number of carbonyl (C=O) groups excluding carboxylic acids is 2. The topological polar surface area (TPSA) is 49.4 Å². The maximum Gasteiger partial charge on any atom is 0.251 e. The molecule has 4 saturated carbocycles. The molecule has 1 aromatic carbocycles. The number of nitrogens with one attached hydrogen (secondary N) is 1. The summed E-state index contributed by atoms with van der Waals surface area (Å²) in [4.78, 5) is 28.1. The molecule has 2 amide bonds. The van der Waals surface area contributed by atoms with E-state index in [1.807, 2.05) is 24.3 Å². The third kappa shape index (κ3) is 3.40. The van der Waals surface area contributed by atoms with Gasteiger partial charge in [0, 0.05) is 29.2 Å². The van der Waals surface area contributed by atoms with Gasteiger partial charge >= 0.3 is 0 Å². The lowest BCUT2D eigenvalue weighted by Crippen LogP contribution is -2.56. The van der Waals surface area contributed by atoms with Crippen LogP contribution in [0.4, 0.5) is 0 Å². The van der Waals surface area contributed by atoms with E-state index in [0.717, 1.165) is 67.4 Å². The smallest absolute Gasteiger partial charge is 0.251 e. The summed E-state index contributed by atoms with van der Waals surface area (Å²) in [5.41, 5.74) is 0.641.